The first kappa shape index (κ1) is 14.0. The molecule has 0 amide bonds. The van der Waals surface area contributed by atoms with Gasteiger partial charge in [0, 0.05) is 5.88 Å². The quantitative estimate of drug-likeness (QED) is 0.264. The fourth-order valence-corrected chi connectivity index (χ4v) is 1.63. The minimum atomic E-state index is 0.793. The summed E-state index contributed by atoms with van der Waals surface area (Å²) in [4.78, 5) is 0. The van der Waals surface area contributed by atoms with E-state index in [9.17, 15) is 0 Å². The second kappa shape index (κ2) is 13.0. The Hall–Kier alpha value is 0.0300. The lowest BCUT2D eigenvalue weighted by molar-refractivity contribution is 0.611. The average Bonchev–Trinajstić information content (AvgIpc) is 2.21. The van der Waals surface area contributed by atoms with Gasteiger partial charge in [-0.2, -0.15) is 0 Å². The van der Waals surface area contributed by atoms with Crippen LogP contribution in [0, 0.1) is 0 Å². The lowest BCUT2D eigenvalue weighted by Gasteiger charge is -1.97. The summed E-state index contributed by atoms with van der Waals surface area (Å²) in [6.07, 6.45) is 16.5. The van der Waals surface area contributed by atoms with E-state index in [4.69, 9.17) is 11.6 Å². The maximum atomic E-state index is 5.58. The number of hydrogen-bond acceptors (Lipinski definition) is 0. The summed E-state index contributed by atoms with van der Waals surface area (Å²) in [6, 6.07) is 0. The van der Waals surface area contributed by atoms with Gasteiger partial charge in [0.05, 0.1) is 0 Å². The highest BCUT2D eigenvalue weighted by atomic mass is 35.5. The van der Waals surface area contributed by atoms with E-state index in [1.54, 1.807) is 0 Å². The van der Waals surface area contributed by atoms with Gasteiger partial charge in [-0.3, -0.25) is 0 Å². The van der Waals surface area contributed by atoms with Crippen molar-refractivity contribution < 1.29 is 0 Å². The Morgan fingerprint density at radius 1 is 0.786 bits per heavy atom. The highest BCUT2D eigenvalue weighted by molar-refractivity contribution is 6.17. The first-order chi connectivity index (χ1) is 6.91. The van der Waals surface area contributed by atoms with Gasteiger partial charge in [0.2, 0.25) is 0 Å². The molecule has 0 bridgehead atoms. The fraction of sp³-hybridized carbons (Fsp3) is 0.846. The van der Waals surface area contributed by atoms with Crippen LogP contribution in [0.3, 0.4) is 0 Å². The normalized spacial score (nSPS) is 11.3. The lowest BCUT2D eigenvalue weighted by Crippen LogP contribution is -1.77. The van der Waals surface area contributed by atoms with E-state index in [2.05, 4.69) is 19.1 Å². The van der Waals surface area contributed by atoms with Crippen LogP contribution in [0.25, 0.3) is 0 Å². The molecule has 0 saturated carbocycles. The largest absolute Gasteiger partial charge is 0.127 e. The van der Waals surface area contributed by atoms with Gasteiger partial charge >= 0.3 is 0 Å². The predicted molar refractivity (Wildman–Crippen MR) is 67.1 cm³/mol. The smallest absolute Gasteiger partial charge is 0.0226 e. The van der Waals surface area contributed by atoms with Crippen LogP contribution in [0.4, 0.5) is 0 Å². The molecule has 0 rings (SSSR count). The summed E-state index contributed by atoms with van der Waals surface area (Å²) in [5.41, 5.74) is 0. The van der Waals surface area contributed by atoms with Gasteiger partial charge in [0.1, 0.15) is 0 Å². The van der Waals surface area contributed by atoms with Crippen molar-refractivity contribution in [1.82, 2.24) is 0 Å². The standard InChI is InChI=1S/C13H25Cl/c1-2-3-4-5-6-7-8-9-10-11-12-13-14/h9-10H,2-8,11-13H2,1H3/b10-9+. The summed E-state index contributed by atoms with van der Waals surface area (Å²) in [7, 11) is 0. The van der Waals surface area contributed by atoms with Crippen LogP contribution >= 0.6 is 11.6 Å². The number of halogens is 1. The Kier molecular flexibility index (Phi) is 13.1. The molecule has 1 heteroatoms. The van der Waals surface area contributed by atoms with E-state index < -0.39 is 0 Å². The minimum absolute atomic E-state index is 0.793. The second-order valence-electron chi connectivity index (χ2n) is 3.86. The van der Waals surface area contributed by atoms with E-state index in [1.807, 2.05) is 0 Å². The van der Waals surface area contributed by atoms with Crippen LogP contribution in [0.15, 0.2) is 12.2 Å². The molecule has 0 aliphatic carbocycles. The maximum absolute atomic E-state index is 5.58. The highest BCUT2D eigenvalue weighted by Gasteiger charge is 1.87. The molecule has 0 N–H and O–H groups in total. The number of unbranched alkanes of at least 4 members (excludes halogenated alkanes) is 7. The molecule has 0 aromatic carbocycles. The SMILES string of the molecule is CCCCCCCC/C=C/CCCCl. The molecule has 0 saturated heterocycles. The Morgan fingerprint density at radius 3 is 2.00 bits per heavy atom. The van der Waals surface area contributed by atoms with Crippen LogP contribution < -0.4 is 0 Å². The van der Waals surface area contributed by atoms with Gasteiger partial charge in [-0.15, -0.1) is 11.6 Å². The summed E-state index contributed by atoms with van der Waals surface area (Å²) in [5, 5.41) is 0. The summed E-state index contributed by atoms with van der Waals surface area (Å²) >= 11 is 5.58. The number of alkyl halides is 1. The van der Waals surface area contributed by atoms with Crippen molar-refractivity contribution in [2.75, 3.05) is 5.88 Å². The van der Waals surface area contributed by atoms with E-state index in [0.717, 1.165) is 18.7 Å². The molecular formula is C13H25Cl. The Morgan fingerprint density at radius 2 is 1.36 bits per heavy atom. The monoisotopic (exact) mass is 216 g/mol. The van der Waals surface area contributed by atoms with E-state index >= 15 is 0 Å². The van der Waals surface area contributed by atoms with Crippen molar-refractivity contribution in [3.8, 4) is 0 Å². The molecule has 0 heterocycles. The van der Waals surface area contributed by atoms with Gasteiger partial charge in [0.15, 0.2) is 0 Å². The molecular weight excluding hydrogens is 192 g/mol. The third-order valence-corrected chi connectivity index (χ3v) is 2.66. The molecule has 0 unspecified atom stereocenters. The van der Waals surface area contributed by atoms with Crippen molar-refractivity contribution in [2.45, 2.75) is 64.7 Å². The van der Waals surface area contributed by atoms with Gasteiger partial charge in [-0.05, 0) is 25.7 Å². The van der Waals surface area contributed by atoms with E-state index in [0.29, 0.717) is 0 Å². The van der Waals surface area contributed by atoms with Crippen molar-refractivity contribution in [3.63, 3.8) is 0 Å². The van der Waals surface area contributed by atoms with E-state index in [1.165, 1.54) is 44.9 Å². The first-order valence-corrected chi connectivity index (χ1v) is 6.66. The molecule has 0 aliphatic heterocycles. The molecule has 0 aromatic rings. The molecule has 84 valence electrons. The fourth-order valence-electron chi connectivity index (χ4n) is 1.47. The summed E-state index contributed by atoms with van der Waals surface area (Å²) < 4.78 is 0. The third-order valence-electron chi connectivity index (χ3n) is 2.40. The van der Waals surface area contributed by atoms with Crippen LogP contribution in [-0.2, 0) is 0 Å². The number of hydrogen-bond donors (Lipinski definition) is 0. The summed E-state index contributed by atoms with van der Waals surface area (Å²) in [6.45, 7) is 2.26. The number of rotatable bonds is 10. The van der Waals surface area contributed by atoms with Gasteiger partial charge < -0.3 is 0 Å². The van der Waals surface area contributed by atoms with Gasteiger partial charge in [-0.1, -0.05) is 51.2 Å². The average molecular weight is 217 g/mol. The second-order valence-corrected chi connectivity index (χ2v) is 4.24. The van der Waals surface area contributed by atoms with Gasteiger partial charge in [0.25, 0.3) is 0 Å². The molecule has 0 radical (unpaired) electrons. The first-order valence-electron chi connectivity index (χ1n) is 6.12. The zero-order chi connectivity index (χ0) is 10.5. The molecule has 0 nitrogen and oxygen atoms in total. The van der Waals surface area contributed by atoms with Crippen LogP contribution in [0.5, 0.6) is 0 Å². The van der Waals surface area contributed by atoms with Crippen molar-refractivity contribution in [3.05, 3.63) is 12.2 Å². The molecule has 0 fully saturated rings. The molecule has 0 aromatic heterocycles. The van der Waals surface area contributed by atoms with Crippen LogP contribution in [-0.4, -0.2) is 5.88 Å². The van der Waals surface area contributed by atoms with Crippen LogP contribution in [0.2, 0.25) is 0 Å². The van der Waals surface area contributed by atoms with Crippen molar-refractivity contribution in [2.24, 2.45) is 0 Å². The van der Waals surface area contributed by atoms with Crippen molar-refractivity contribution in [1.29, 1.82) is 0 Å². The lowest BCUT2D eigenvalue weighted by atomic mass is 10.1. The Balaban J connectivity index is 2.94. The third kappa shape index (κ3) is 12.0. The molecule has 14 heavy (non-hydrogen) atoms. The maximum Gasteiger partial charge on any atom is 0.0226 e. The summed E-state index contributed by atoms with van der Waals surface area (Å²) in [5.74, 6) is 0.793. The Bertz CT molecular complexity index is 118. The Labute approximate surface area is 94.7 Å². The molecule has 0 spiro atoms. The zero-order valence-electron chi connectivity index (χ0n) is 9.60. The van der Waals surface area contributed by atoms with Crippen LogP contribution in [0.1, 0.15) is 64.7 Å². The molecule has 0 aliphatic rings. The van der Waals surface area contributed by atoms with Crippen molar-refractivity contribution >= 4 is 11.6 Å². The minimum Gasteiger partial charge on any atom is -0.127 e. The zero-order valence-corrected chi connectivity index (χ0v) is 10.4. The highest BCUT2D eigenvalue weighted by Crippen LogP contribution is 2.07. The van der Waals surface area contributed by atoms with Gasteiger partial charge in [-0.25, -0.2) is 0 Å². The topological polar surface area (TPSA) is 0 Å². The number of allylic oxidation sites excluding steroid dienone is 2. The predicted octanol–water partition coefficient (Wildman–Crippen LogP) is 5.31. The van der Waals surface area contributed by atoms with E-state index in [-0.39, 0.29) is 0 Å². The molecule has 0 atom stereocenters.